The molecule has 0 aliphatic carbocycles. The molecule has 2 aromatic carbocycles. The number of fused-ring (bicyclic) bond motifs is 1. The van der Waals surface area contributed by atoms with Gasteiger partial charge in [-0.2, -0.15) is 5.26 Å². The van der Waals surface area contributed by atoms with Gasteiger partial charge in [0.25, 0.3) is 5.69 Å². The third kappa shape index (κ3) is 5.96. The molecule has 0 radical (unpaired) electrons. The second-order valence-electron chi connectivity index (χ2n) is 8.04. The molecule has 0 spiro atoms. The van der Waals surface area contributed by atoms with Crippen molar-refractivity contribution in [1.82, 2.24) is 15.7 Å². The lowest BCUT2D eigenvalue weighted by molar-refractivity contribution is -0.384. The minimum atomic E-state index is -1.06. The van der Waals surface area contributed by atoms with Crippen LogP contribution in [0.3, 0.4) is 0 Å². The van der Waals surface area contributed by atoms with Crippen LogP contribution in [0.1, 0.15) is 32.3 Å². The van der Waals surface area contributed by atoms with Crippen molar-refractivity contribution in [2.24, 2.45) is 0 Å². The Balaban J connectivity index is 0.000000349. The van der Waals surface area contributed by atoms with E-state index in [2.05, 4.69) is 15.7 Å². The van der Waals surface area contributed by atoms with Gasteiger partial charge in [0.05, 0.1) is 35.2 Å². The number of benzene rings is 2. The molecule has 2 heterocycles. The maximum atomic E-state index is 12.8. The molecule has 0 bridgehead atoms. The van der Waals surface area contributed by atoms with E-state index in [-0.39, 0.29) is 22.5 Å². The van der Waals surface area contributed by atoms with Crippen LogP contribution in [0.2, 0.25) is 0 Å². The number of para-hydroxylation sites is 1. The predicted octanol–water partition coefficient (Wildman–Crippen LogP) is 3.68. The van der Waals surface area contributed by atoms with Crippen molar-refractivity contribution in [3.05, 3.63) is 86.7 Å². The molecule has 37 heavy (non-hydrogen) atoms. The molecule has 1 aliphatic rings. The Morgan fingerprint density at radius 1 is 1.16 bits per heavy atom. The maximum absolute atomic E-state index is 12.8. The van der Waals surface area contributed by atoms with E-state index in [1.807, 2.05) is 30.3 Å². The molecule has 1 aromatic heterocycles. The van der Waals surface area contributed by atoms with Crippen molar-refractivity contribution in [2.45, 2.75) is 32.8 Å². The molecule has 190 valence electrons. The Hall–Kier alpha value is -5.05. The average Bonchev–Trinajstić information content (AvgIpc) is 3.36. The van der Waals surface area contributed by atoms with Gasteiger partial charge in [-0.1, -0.05) is 24.3 Å². The van der Waals surface area contributed by atoms with Crippen molar-refractivity contribution in [1.29, 1.82) is 5.26 Å². The van der Waals surface area contributed by atoms with E-state index in [4.69, 9.17) is 14.0 Å². The van der Waals surface area contributed by atoms with Gasteiger partial charge in [-0.05, 0) is 38.5 Å². The molecular formula is C25H23N5O7. The lowest BCUT2D eigenvalue weighted by Gasteiger charge is -2.29. The Labute approximate surface area is 211 Å². The largest absolute Gasteiger partial charge is 0.466 e. The molecule has 0 amide bonds. The zero-order chi connectivity index (χ0) is 27.1. The third-order valence-corrected chi connectivity index (χ3v) is 5.21. The Morgan fingerprint density at radius 3 is 2.51 bits per heavy atom. The summed E-state index contributed by atoms with van der Waals surface area (Å²) in [7, 11) is 1.14. The molecule has 0 fully saturated rings. The average molecular weight is 505 g/mol. The van der Waals surface area contributed by atoms with Gasteiger partial charge in [-0.25, -0.2) is 9.59 Å². The SMILES string of the molecule is COC(=O)C1=C(C#N)NC(C)=C(C(=O)OC(C)C)C1c1cccc([N+](=O)[O-])c1.c1ccc2onnc2c1. The number of dihydropyridines is 1. The van der Waals surface area contributed by atoms with Crippen LogP contribution in [0.15, 0.2) is 75.6 Å². The van der Waals surface area contributed by atoms with Gasteiger partial charge in [-0.3, -0.25) is 10.1 Å². The number of esters is 2. The van der Waals surface area contributed by atoms with Crippen molar-refractivity contribution in [3.63, 3.8) is 0 Å². The van der Waals surface area contributed by atoms with E-state index in [1.54, 1.807) is 20.8 Å². The minimum absolute atomic E-state index is 0.0774. The lowest BCUT2D eigenvalue weighted by atomic mass is 9.80. The van der Waals surface area contributed by atoms with Gasteiger partial charge in [0, 0.05) is 23.1 Å². The van der Waals surface area contributed by atoms with Gasteiger partial charge < -0.3 is 19.3 Å². The topological polar surface area (TPSA) is 170 Å². The number of aromatic nitrogens is 2. The Kier molecular flexibility index (Phi) is 8.31. The summed E-state index contributed by atoms with van der Waals surface area (Å²) < 4.78 is 14.8. The van der Waals surface area contributed by atoms with E-state index in [0.29, 0.717) is 11.3 Å². The number of nitro benzene ring substituents is 1. The van der Waals surface area contributed by atoms with Gasteiger partial charge >= 0.3 is 11.9 Å². The fraction of sp³-hybridized carbons (Fsp3) is 0.240. The molecule has 12 heteroatoms. The van der Waals surface area contributed by atoms with Gasteiger partial charge in [0.15, 0.2) is 5.58 Å². The molecule has 1 atom stereocenters. The molecule has 0 saturated heterocycles. The highest BCUT2D eigenvalue weighted by Gasteiger charge is 2.39. The number of rotatable bonds is 5. The third-order valence-electron chi connectivity index (χ3n) is 5.21. The number of hydrogen-bond acceptors (Lipinski definition) is 11. The van der Waals surface area contributed by atoms with Crippen LogP contribution in [0.25, 0.3) is 11.1 Å². The molecule has 4 rings (SSSR count). The second-order valence-corrected chi connectivity index (χ2v) is 8.04. The van der Waals surface area contributed by atoms with E-state index >= 15 is 0 Å². The molecule has 1 aliphatic heterocycles. The first kappa shape index (κ1) is 26.6. The summed E-state index contributed by atoms with van der Waals surface area (Å²) in [6.07, 6.45) is -0.429. The number of allylic oxidation sites excluding steroid dienone is 2. The van der Waals surface area contributed by atoms with Crippen LogP contribution < -0.4 is 5.32 Å². The van der Waals surface area contributed by atoms with E-state index in [9.17, 15) is 25.0 Å². The summed E-state index contributed by atoms with van der Waals surface area (Å²) in [5, 5.41) is 30.5. The number of carbonyl (C=O) groups is 2. The Morgan fingerprint density at radius 2 is 1.89 bits per heavy atom. The van der Waals surface area contributed by atoms with Gasteiger partial charge in [0.1, 0.15) is 17.3 Å². The first-order valence-electron chi connectivity index (χ1n) is 11.0. The lowest BCUT2D eigenvalue weighted by Crippen LogP contribution is -2.33. The molecule has 0 saturated carbocycles. The predicted molar refractivity (Wildman–Crippen MR) is 129 cm³/mol. The zero-order valence-corrected chi connectivity index (χ0v) is 20.4. The summed E-state index contributed by atoms with van der Waals surface area (Å²) in [4.78, 5) is 35.8. The van der Waals surface area contributed by atoms with Gasteiger partial charge in [-0.15, -0.1) is 5.10 Å². The smallest absolute Gasteiger partial charge is 0.337 e. The number of nitrogens with zero attached hydrogens (tertiary/aromatic N) is 4. The molecule has 12 nitrogen and oxygen atoms in total. The number of methoxy groups -OCH3 is 1. The highest BCUT2D eigenvalue weighted by Crippen LogP contribution is 2.40. The molecule has 3 aromatic rings. The van der Waals surface area contributed by atoms with Gasteiger partial charge in [0.2, 0.25) is 0 Å². The van der Waals surface area contributed by atoms with Crippen LogP contribution in [0.4, 0.5) is 5.69 Å². The number of carbonyl (C=O) groups excluding carboxylic acids is 2. The van der Waals surface area contributed by atoms with Crippen molar-refractivity contribution in [3.8, 4) is 6.07 Å². The number of nitriles is 1. The molecule has 1 unspecified atom stereocenters. The normalized spacial score (nSPS) is 14.9. The quantitative estimate of drug-likeness (QED) is 0.305. The number of ether oxygens (including phenoxy) is 2. The second kappa shape index (κ2) is 11.6. The van der Waals surface area contributed by atoms with E-state index < -0.39 is 28.9 Å². The van der Waals surface area contributed by atoms with Crippen LogP contribution in [-0.4, -0.2) is 40.4 Å². The standard InChI is InChI=1S/C19H19N3O6.C6H4N2O/c1-10(2)28-19(24)15-11(3)21-14(9-20)17(18(23)27-4)16(15)12-6-5-7-13(8-12)22(25)26;1-2-4-6-5(3-1)7-8-9-6/h5-8,10,16,21H,1-4H3;1-4H. The van der Waals surface area contributed by atoms with Crippen molar-refractivity contribution >= 4 is 28.7 Å². The minimum Gasteiger partial charge on any atom is -0.466 e. The molecule has 1 N–H and O–H groups in total. The van der Waals surface area contributed by atoms with Crippen molar-refractivity contribution in [2.75, 3.05) is 7.11 Å². The maximum Gasteiger partial charge on any atom is 0.337 e. The summed E-state index contributed by atoms with van der Waals surface area (Å²) in [6.45, 7) is 4.90. The van der Waals surface area contributed by atoms with Crippen LogP contribution >= 0.6 is 0 Å². The summed E-state index contributed by atoms with van der Waals surface area (Å²) >= 11 is 0. The molecular weight excluding hydrogens is 482 g/mol. The summed E-state index contributed by atoms with van der Waals surface area (Å²) in [5.74, 6) is -2.59. The summed E-state index contributed by atoms with van der Waals surface area (Å²) in [5.41, 5.74) is 1.79. The van der Waals surface area contributed by atoms with E-state index in [0.717, 1.165) is 18.2 Å². The zero-order valence-electron chi connectivity index (χ0n) is 20.4. The fourth-order valence-corrected chi connectivity index (χ4v) is 3.67. The number of nitrogens with one attached hydrogen (secondary N) is 1. The number of nitro groups is 1. The highest BCUT2D eigenvalue weighted by atomic mass is 16.6. The fourth-order valence-electron chi connectivity index (χ4n) is 3.67. The van der Waals surface area contributed by atoms with Crippen LogP contribution in [0, 0.1) is 21.4 Å². The van der Waals surface area contributed by atoms with Crippen LogP contribution in [-0.2, 0) is 19.1 Å². The highest BCUT2D eigenvalue weighted by molar-refractivity contribution is 6.00. The number of non-ortho nitro benzene ring substituents is 1. The van der Waals surface area contributed by atoms with Crippen molar-refractivity contribution < 1.29 is 28.5 Å². The van der Waals surface area contributed by atoms with E-state index in [1.165, 1.54) is 24.3 Å². The number of hydrogen-bond donors (Lipinski definition) is 1. The first-order chi connectivity index (χ1) is 17.7. The Bertz CT molecular complexity index is 1420. The first-order valence-corrected chi connectivity index (χ1v) is 11.0. The van der Waals surface area contributed by atoms with Crippen LogP contribution in [0.5, 0.6) is 0 Å². The monoisotopic (exact) mass is 505 g/mol. The summed E-state index contributed by atoms with van der Waals surface area (Å²) in [6, 6.07) is 14.9.